The van der Waals surface area contributed by atoms with Crippen molar-refractivity contribution in [1.29, 1.82) is 0 Å². The molecule has 4 rings (SSSR count). The number of nitrogens with zero attached hydrogens (tertiary/aromatic N) is 3. The van der Waals surface area contributed by atoms with Crippen LogP contribution in [0.15, 0.2) is 42.5 Å². The van der Waals surface area contributed by atoms with E-state index in [1.807, 2.05) is 13.8 Å². The molecule has 38 heavy (non-hydrogen) atoms. The minimum atomic E-state index is -0.422. The molecule has 0 atom stereocenters. The standard InChI is InChI=1S/C30H39N5O3/c1-3-34(4-2)30(36)22-17-18-27(28(21-22)35(37)38)31-19-11-5-6-12-20-32-29-23-13-7-9-15-25(23)33-26-16-10-8-14-24(26)29/h7,9,13,15,17-18,21,31H,3-6,8,10-12,14,16,19-20H2,1-2H3,(H,32,33). The summed E-state index contributed by atoms with van der Waals surface area (Å²) in [5, 5.41) is 19.8. The fourth-order valence-corrected chi connectivity index (χ4v) is 5.27. The topological polar surface area (TPSA) is 100 Å². The molecule has 8 nitrogen and oxygen atoms in total. The molecule has 3 aromatic rings. The third-order valence-electron chi connectivity index (χ3n) is 7.38. The fourth-order valence-electron chi connectivity index (χ4n) is 5.27. The average Bonchev–Trinajstić information content (AvgIpc) is 2.94. The van der Waals surface area contributed by atoms with E-state index in [1.54, 1.807) is 17.0 Å². The van der Waals surface area contributed by atoms with Gasteiger partial charge in [-0.05, 0) is 76.1 Å². The molecule has 2 N–H and O–H groups in total. The van der Waals surface area contributed by atoms with Gasteiger partial charge >= 0.3 is 0 Å². The van der Waals surface area contributed by atoms with Gasteiger partial charge in [-0.3, -0.25) is 19.9 Å². The first-order chi connectivity index (χ1) is 18.5. The summed E-state index contributed by atoms with van der Waals surface area (Å²) in [4.78, 5) is 30.4. The summed E-state index contributed by atoms with van der Waals surface area (Å²) in [6, 6.07) is 13.1. The summed E-state index contributed by atoms with van der Waals surface area (Å²) in [7, 11) is 0. The van der Waals surface area contributed by atoms with Crippen molar-refractivity contribution in [2.45, 2.75) is 65.2 Å². The van der Waals surface area contributed by atoms with Gasteiger partial charge in [0.2, 0.25) is 0 Å². The molecule has 1 aromatic heterocycles. The van der Waals surface area contributed by atoms with Gasteiger partial charge in [0.05, 0.1) is 10.4 Å². The first-order valence-corrected chi connectivity index (χ1v) is 14.0. The van der Waals surface area contributed by atoms with Crippen LogP contribution in [0.4, 0.5) is 17.1 Å². The molecule has 0 radical (unpaired) electrons. The monoisotopic (exact) mass is 517 g/mol. The van der Waals surface area contributed by atoms with E-state index >= 15 is 0 Å². The van der Waals surface area contributed by atoms with Gasteiger partial charge in [-0.2, -0.15) is 0 Å². The number of amides is 1. The van der Waals surface area contributed by atoms with Gasteiger partial charge in [0.15, 0.2) is 0 Å². The van der Waals surface area contributed by atoms with Crippen molar-refractivity contribution in [3.8, 4) is 0 Å². The summed E-state index contributed by atoms with van der Waals surface area (Å²) in [5.41, 5.74) is 5.74. The number of unbranched alkanes of at least 4 members (excludes halogenated alkanes) is 3. The maximum absolute atomic E-state index is 12.6. The van der Waals surface area contributed by atoms with Crippen molar-refractivity contribution >= 4 is 33.9 Å². The fraction of sp³-hybridized carbons (Fsp3) is 0.467. The number of hydrogen-bond donors (Lipinski definition) is 2. The van der Waals surface area contributed by atoms with Crippen LogP contribution in [0.3, 0.4) is 0 Å². The number of benzene rings is 2. The second kappa shape index (κ2) is 13.2. The summed E-state index contributed by atoms with van der Waals surface area (Å²) >= 11 is 0. The number of carbonyl (C=O) groups excluding carboxylic acids is 1. The maximum Gasteiger partial charge on any atom is 0.293 e. The molecule has 0 unspecified atom stereocenters. The van der Waals surface area contributed by atoms with Crippen molar-refractivity contribution in [3.63, 3.8) is 0 Å². The van der Waals surface area contributed by atoms with Crippen molar-refractivity contribution in [2.75, 3.05) is 36.8 Å². The summed E-state index contributed by atoms with van der Waals surface area (Å²) in [6.45, 7) is 6.51. The van der Waals surface area contributed by atoms with Gasteiger partial charge in [0, 0.05) is 54.6 Å². The zero-order valence-corrected chi connectivity index (χ0v) is 22.6. The van der Waals surface area contributed by atoms with E-state index in [1.165, 1.54) is 41.2 Å². The number of rotatable bonds is 13. The van der Waals surface area contributed by atoms with Gasteiger partial charge < -0.3 is 15.5 Å². The lowest BCUT2D eigenvalue weighted by atomic mass is 9.92. The smallest absolute Gasteiger partial charge is 0.293 e. The predicted molar refractivity (Wildman–Crippen MR) is 154 cm³/mol. The second-order valence-corrected chi connectivity index (χ2v) is 9.87. The maximum atomic E-state index is 12.6. The van der Waals surface area contributed by atoms with Crippen LogP contribution in [0.25, 0.3) is 10.9 Å². The molecule has 0 saturated heterocycles. The predicted octanol–water partition coefficient (Wildman–Crippen LogP) is 6.59. The van der Waals surface area contributed by atoms with E-state index in [-0.39, 0.29) is 11.6 Å². The molecule has 1 heterocycles. The number of pyridine rings is 1. The molecule has 0 fully saturated rings. The largest absolute Gasteiger partial charge is 0.384 e. The molecule has 0 saturated carbocycles. The third kappa shape index (κ3) is 6.41. The zero-order valence-electron chi connectivity index (χ0n) is 22.6. The highest BCUT2D eigenvalue weighted by atomic mass is 16.6. The quantitative estimate of drug-likeness (QED) is 0.151. The Hall–Kier alpha value is -3.68. The molecule has 1 aliphatic rings. The molecule has 1 aliphatic carbocycles. The average molecular weight is 518 g/mol. The lowest BCUT2D eigenvalue weighted by molar-refractivity contribution is -0.384. The van der Waals surface area contributed by atoms with Gasteiger partial charge in [0.1, 0.15) is 5.69 Å². The normalized spacial score (nSPS) is 12.7. The number of aryl methyl sites for hydroxylation is 1. The van der Waals surface area contributed by atoms with Gasteiger partial charge in [-0.15, -0.1) is 0 Å². The van der Waals surface area contributed by atoms with Crippen LogP contribution in [0.5, 0.6) is 0 Å². The molecule has 202 valence electrons. The van der Waals surface area contributed by atoms with Crippen LogP contribution in [-0.4, -0.2) is 46.9 Å². The van der Waals surface area contributed by atoms with Gasteiger partial charge in [-0.25, -0.2) is 0 Å². The van der Waals surface area contributed by atoms with Crippen molar-refractivity contribution in [2.24, 2.45) is 0 Å². The van der Waals surface area contributed by atoms with Crippen LogP contribution in [-0.2, 0) is 12.8 Å². The van der Waals surface area contributed by atoms with Crippen LogP contribution in [0.2, 0.25) is 0 Å². The Labute approximate surface area is 225 Å². The van der Waals surface area contributed by atoms with Crippen LogP contribution >= 0.6 is 0 Å². The number of aromatic nitrogens is 1. The Kier molecular flexibility index (Phi) is 9.51. The molecular formula is C30H39N5O3. The molecule has 2 aromatic carbocycles. The van der Waals surface area contributed by atoms with Crippen LogP contribution in [0, 0.1) is 10.1 Å². The SMILES string of the molecule is CCN(CC)C(=O)c1ccc(NCCCCCCNc2c3c(nc4ccccc24)CCCC3)c([N+](=O)[O-])c1. The van der Waals surface area contributed by atoms with E-state index in [4.69, 9.17) is 4.98 Å². The number of nitrogens with one attached hydrogen (secondary N) is 2. The number of nitro groups is 1. The summed E-state index contributed by atoms with van der Waals surface area (Å²) < 4.78 is 0. The minimum absolute atomic E-state index is 0.0554. The van der Waals surface area contributed by atoms with Gasteiger partial charge in [-0.1, -0.05) is 31.0 Å². The first kappa shape index (κ1) is 27.4. The number of hydrogen-bond acceptors (Lipinski definition) is 6. The van der Waals surface area contributed by atoms with E-state index in [2.05, 4.69) is 34.9 Å². The first-order valence-electron chi connectivity index (χ1n) is 14.0. The number of nitro benzene ring substituents is 1. The Balaban J connectivity index is 1.25. The highest BCUT2D eigenvalue weighted by molar-refractivity contribution is 5.96. The number of para-hydroxylation sites is 1. The molecule has 0 bridgehead atoms. The van der Waals surface area contributed by atoms with E-state index in [0.29, 0.717) is 30.9 Å². The van der Waals surface area contributed by atoms with Crippen molar-refractivity contribution < 1.29 is 9.72 Å². The highest BCUT2D eigenvalue weighted by Gasteiger charge is 2.20. The van der Waals surface area contributed by atoms with E-state index < -0.39 is 4.92 Å². The number of fused-ring (bicyclic) bond motifs is 2. The molecule has 1 amide bonds. The molecule has 0 aliphatic heterocycles. The lowest BCUT2D eigenvalue weighted by Gasteiger charge is -2.21. The van der Waals surface area contributed by atoms with E-state index in [9.17, 15) is 14.9 Å². The molecule has 8 heteroatoms. The van der Waals surface area contributed by atoms with Crippen LogP contribution < -0.4 is 10.6 Å². The summed E-state index contributed by atoms with van der Waals surface area (Å²) in [6.07, 6.45) is 8.70. The van der Waals surface area contributed by atoms with Crippen molar-refractivity contribution in [1.82, 2.24) is 9.88 Å². The Bertz CT molecular complexity index is 1270. The van der Waals surface area contributed by atoms with Crippen LogP contribution in [0.1, 0.15) is 74.0 Å². The van der Waals surface area contributed by atoms with Crippen molar-refractivity contribution in [3.05, 3.63) is 69.4 Å². The second-order valence-electron chi connectivity index (χ2n) is 9.87. The lowest BCUT2D eigenvalue weighted by Crippen LogP contribution is -2.30. The zero-order chi connectivity index (χ0) is 26.9. The van der Waals surface area contributed by atoms with Gasteiger partial charge in [0.25, 0.3) is 11.6 Å². The number of carbonyl (C=O) groups is 1. The summed E-state index contributed by atoms with van der Waals surface area (Å²) in [5.74, 6) is -0.182. The van der Waals surface area contributed by atoms with E-state index in [0.717, 1.165) is 50.6 Å². The minimum Gasteiger partial charge on any atom is -0.384 e. The number of anilines is 2. The Morgan fingerprint density at radius 1 is 0.974 bits per heavy atom. The molecule has 0 spiro atoms. The Morgan fingerprint density at radius 2 is 1.68 bits per heavy atom. The Morgan fingerprint density at radius 3 is 2.42 bits per heavy atom. The third-order valence-corrected chi connectivity index (χ3v) is 7.38. The molecular weight excluding hydrogens is 478 g/mol. The highest BCUT2D eigenvalue weighted by Crippen LogP contribution is 2.33.